The number of likely N-dealkylation sites (N-methyl/N-ethyl adjacent to an activating group) is 1. The number of carboxylic acid groups (broad SMARTS) is 1. The van der Waals surface area contributed by atoms with Gasteiger partial charge in [-0.3, -0.25) is 4.79 Å². The number of methoxy groups -OCH3 is 1. The Hall–Kier alpha value is -4.28. The van der Waals surface area contributed by atoms with E-state index in [9.17, 15) is 31.2 Å². The Morgan fingerprint density at radius 3 is 1.94 bits per heavy atom. The molecule has 0 spiro atoms. The Kier molecular flexibility index (Phi) is 15.4. The molecule has 1 fully saturated rings. The molecule has 0 aromatic heterocycles. The molecule has 3 N–H and O–H groups in total. The number of urea groups is 1. The van der Waals surface area contributed by atoms with E-state index in [1.54, 1.807) is 17.0 Å². The summed E-state index contributed by atoms with van der Waals surface area (Å²) in [6.07, 6.45) is -3.58. The number of nitrogens with one attached hydrogen (secondary N) is 2. The van der Waals surface area contributed by atoms with E-state index in [2.05, 4.69) is 15.5 Å². The Balaban J connectivity index is 0.000000872. The number of carboxylic acids is 1. The summed E-state index contributed by atoms with van der Waals surface area (Å²) in [6, 6.07) is 24.1. The van der Waals surface area contributed by atoms with Crippen molar-refractivity contribution < 1.29 is 45.8 Å². The number of ether oxygens (including phenoxy) is 1. The zero-order valence-electron chi connectivity index (χ0n) is 27.6. The van der Waals surface area contributed by atoms with E-state index in [1.165, 1.54) is 19.2 Å². The largest absolute Gasteiger partial charge is 0.497 e. The van der Waals surface area contributed by atoms with Gasteiger partial charge in [-0.15, -0.1) is 0 Å². The zero-order valence-corrected chi connectivity index (χ0v) is 29.3. The van der Waals surface area contributed by atoms with Crippen LogP contribution < -0.4 is 15.4 Å². The van der Waals surface area contributed by atoms with Crippen LogP contribution in [-0.4, -0.2) is 106 Å². The van der Waals surface area contributed by atoms with Gasteiger partial charge < -0.3 is 30.3 Å². The van der Waals surface area contributed by atoms with Gasteiger partial charge in [-0.25, -0.2) is 18.0 Å². The molecule has 3 aromatic rings. The molecule has 2 atom stereocenters. The second-order valence-electron chi connectivity index (χ2n) is 11.4. The van der Waals surface area contributed by atoms with Gasteiger partial charge in [0.05, 0.1) is 12.0 Å². The number of piperazine rings is 1. The molecular weight excluding hydrogens is 698 g/mol. The highest BCUT2D eigenvalue weighted by Crippen LogP contribution is 2.26. The average Bonchev–Trinajstić information content (AvgIpc) is 3.10. The Morgan fingerprint density at radius 1 is 0.880 bits per heavy atom. The standard InChI is InChI=1S/C32H40N4O5S2.C2HF3O2/c1-35-19-21-36(22-20-35)32(38)34-30(23-26-11-7-4-8-12-26)31(37)33-27(14-13-25-9-5-3-6-10-25)24-42-43(39,40)29-17-15-28(41-2)16-18-29;3-2(4,5)1(6)7/h3-12,15-18,27,30H,13-14,19-24H2,1-2H3,(H,33,37)(H,34,38);(H,6,7)/t27-,30-;/m0./s1. The molecule has 0 radical (unpaired) electrons. The van der Waals surface area contributed by atoms with Crippen molar-refractivity contribution in [3.63, 3.8) is 0 Å². The smallest absolute Gasteiger partial charge is 0.490 e. The fourth-order valence-electron chi connectivity index (χ4n) is 4.78. The Bertz CT molecular complexity index is 1620. The highest BCUT2D eigenvalue weighted by atomic mass is 33.1. The first-order chi connectivity index (χ1) is 23.7. The van der Waals surface area contributed by atoms with Crippen molar-refractivity contribution in [3.8, 4) is 5.75 Å². The van der Waals surface area contributed by atoms with Gasteiger partial charge in [-0.2, -0.15) is 13.2 Å². The monoisotopic (exact) mass is 738 g/mol. The normalized spacial score (nSPS) is 14.8. The third-order valence-corrected chi connectivity index (χ3v) is 11.3. The first-order valence-corrected chi connectivity index (χ1v) is 18.6. The summed E-state index contributed by atoms with van der Waals surface area (Å²) in [5, 5.41) is 13.2. The topological polar surface area (TPSA) is 145 Å². The van der Waals surface area contributed by atoms with E-state index >= 15 is 0 Å². The molecule has 1 aliphatic rings. The highest BCUT2D eigenvalue weighted by Gasteiger charge is 2.38. The number of nitrogens with zero attached hydrogens (tertiary/aromatic N) is 2. The highest BCUT2D eigenvalue weighted by molar-refractivity contribution is 8.72. The van der Waals surface area contributed by atoms with Gasteiger partial charge in [0.2, 0.25) is 14.8 Å². The molecule has 0 aliphatic carbocycles. The summed E-state index contributed by atoms with van der Waals surface area (Å²) in [6.45, 7) is 2.71. The van der Waals surface area contributed by atoms with E-state index in [4.69, 9.17) is 14.6 Å². The number of carbonyl (C=O) groups excluding carboxylic acids is 2. The van der Waals surface area contributed by atoms with Crippen LogP contribution in [0.25, 0.3) is 0 Å². The van der Waals surface area contributed by atoms with Crippen molar-refractivity contribution in [2.24, 2.45) is 0 Å². The van der Waals surface area contributed by atoms with Crippen molar-refractivity contribution in [1.82, 2.24) is 20.4 Å². The third kappa shape index (κ3) is 13.6. The summed E-state index contributed by atoms with van der Waals surface area (Å²) in [5.74, 6) is -2.38. The average molecular weight is 739 g/mol. The lowest BCUT2D eigenvalue weighted by atomic mass is 10.0. The quantitative estimate of drug-likeness (QED) is 0.217. The second-order valence-corrected chi connectivity index (χ2v) is 15.4. The van der Waals surface area contributed by atoms with E-state index in [1.807, 2.05) is 67.7 Å². The molecule has 272 valence electrons. The van der Waals surface area contributed by atoms with Crippen molar-refractivity contribution >= 4 is 37.6 Å². The molecule has 16 heteroatoms. The maximum atomic E-state index is 13.8. The molecule has 50 heavy (non-hydrogen) atoms. The summed E-state index contributed by atoms with van der Waals surface area (Å²) in [7, 11) is 0.665. The maximum absolute atomic E-state index is 13.8. The molecule has 3 aromatic carbocycles. The number of alkyl halides is 3. The number of carbonyl (C=O) groups is 3. The number of halogens is 3. The first kappa shape index (κ1) is 40.2. The predicted octanol–water partition coefficient (Wildman–Crippen LogP) is 4.44. The Labute approximate surface area is 293 Å². The van der Waals surface area contributed by atoms with Crippen molar-refractivity contribution in [2.45, 2.75) is 42.4 Å². The summed E-state index contributed by atoms with van der Waals surface area (Å²) < 4.78 is 63.2. The maximum Gasteiger partial charge on any atom is 0.490 e. The van der Waals surface area contributed by atoms with Crippen LogP contribution in [0.5, 0.6) is 5.75 Å². The summed E-state index contributed by atoms with van der Waals surface area (Å²) in [5.41, 5.74) is 2.01. The third-order valence-electron chi connectivity index (χ3n) is 7.67. The van der Waals surface area contributed by atoms with Crippen LogP contribution in [0.3, 0.4) is 0 Å². The fourth-order valence-corrected chi connectivity index (χ4v) is 7.75. The lowest BCUT2D eigenvalue weighted by Gasteiger charge is -2.33. The molecule has 11 nitrogen and oxygen atoms in total. The van der Waals surface area contributed by atoms with Crippen LogP contribution in [-0.2, 0) is 31.3 Å². The predicted molar refractivity (Wildman–Crippen MR) is 185 cm³/mol. The van der Waals surface area contributed by atoms with Crippen LogP contribution in [0, 0.1) is 0 Å². The number of hydrogen-bond donors (Lipinski definition) is 3. The second kappa shape index (κ2) is 19.2. The molecule has 1 aliphatic heterocycles. The number of benzene rings is 3. The SMILES string of the molecule is COc1ccc(S(=O)(=O)SC[C@H](CCc2ccccc2)NC(=O)[C@H](Cc2ccccc2)NC(=O)N2CCN(C)CC2)cc1.O=C(O)C(F)(F)F. The summed E-state index contributed by atoms with van der Waals surface area (Å²) in [4.78, 5) is 39.9. The van der Waals surface area contributed by atoms with E-state index < -0.39 is 33.1 Å². The van der Waals surface area contributed by atoms with Gasteiger partial charge in [0.15, 0.2) is 0 Å². The lowest BCUT2D eigenvalue weighted by Crippen LogP contribution is -2.57. The van der Waals surface area contributed by atoms with Crippen LogP contribution in [0.15, 0.2) is 89.8 Å². The van der Waals surface area contributed by atoms with Gasteiger partial charge in [-0.05, 0) is 66.1 Å². The number of hydrogen-bond acceptors (Lipinski definition) is 8. The van der Waals surface area contributed by atoms with Gasteiger partial charge in [0.25, 0.3) is 0 Å². The van der Waals surface area contributed by atoms with Gasteiger partial charge >= 0.3 is 18.2 Å². The van der Waals surface area contributed by atoms with E-state index in [0.29, 0.717) is 38.1 Å². The molecular formula is C34H41F3N4O7S2. The van der Waals surface area contributed by atoms with Gasteiger partial charge in [0, 0.05) is 44.4 Å². The number of amides is 3. The first-order valence-electron chi connectivity index (χ1n) is 15.6. The number of aryl methyl sites for hydroxylation is 1. The van der Waals surface area contributed by atoms with Gasteiger partial charge in [0.1, 0.15) is 11.8 Å². The molecule has 1 saturated heterocycles. The molecule has 1 heterocycles. The summed E-state index contributed by atoms with van der Waals surface area (Å²) >= 11 is 0. The van der Waals surface area contributed by atoms with Crippen LogP contribution in [0.2, 0.25) is 0 Å². The van der Waals surface area contributed by atoms with E-state index in [-0.39, 0.29) is 22.6 Å². The molecule has 0 bridgehead atoms. The Morgan fingerprint density at radius 2 is 1.42 bits per heavy atom. The lowest BCUT2D eigenvalue weighted by molar-refractivity contribution is -0.192. The van der Waals surface area contributed by atoms with Crippen molar-refractivity contribution in [1.29, 1.82) is 0 Å². The minimum absolute atomic E-state index is 0.150. The van der Waals surface area contributed by atoms with Crippen LogP contribution in [0.1, 0.15) is 17.5 Å². The zero-order chi connectivity index (χ0) is 36.7. The number of rotatable bonds is 13. The minimum atomic E-state index is -5.08. The minimum Gasteiger partial charge on any atom is -0.497 e. The van der Waals surface area contributed by atoms with Crippen LogP contribution in [0.4, 0.5) is 18.0 Å². The molecule has 0 saturated carbocycles. The van der Waals surface area contributed by atoms with Crippen molar-refractivity contribution in [3.05, 3.63) is 96.1 Å². The molecule has 3 amide bonds. The molecule has 0 unspecified atom stereocenters. The fraction of sp³-hybridized carbons (Fsp3) is 0.382. The molecule has 4 rings (SSSR count). The van der Waals surface area contributed by atoms with Gasteiger partial charge in [-0.1, -0.05) is 60.7 Å². The number of aliphatic carboxylic acids is 1. The van der Waals surface area contributed by atoms with E-state index in [0.717, 1.165) is 35.0 Å². The van der Waals surface area contributed by atoms with Crippen LogP contribution >= 0.6 is 10.8 Å². The van der Waals surface area contributed by atoms with Crippen molar-refractivity contribution in [2.75, 3.05) is 46.1 Å².